The van der Waals surface area contributed by atoms with Gasteiger partial charge in [-0.05, 0) is 24.8 Å². The summed E-state index contributed by atoms with van der Waals surface area (Å²) in [6.45, 7) is 2.37. The number of hydrogen-bond acceptors (Lipinski definition) is 3. The van der Waals surface area contributed by atoms with Gasteiger partial charge in [0.05, 0.1) is 12.0 Å². The molecule has 2 heterocycles. The van der Waals surface area contributed by atoms with Crippen molar-refractivity contribution < 1.29 is 9.90 Å². The third-order valence-corrected chi connectivity index (χ3v) is 3.34. The Balaban J connectivity index is 2.13. The summed E-state index contributed by atoms with van der Waals surface area (Å²) >= 11 is 1.68. The third kappa shape index (κ3) is 2.14. The second-order valence-electron chi connectivity index (χ2n) is 3.51. The van der Waals surface area contributed by atoms with Crippen LogP contribution in [0.15, 0.2) is 23.8 Å². The number of aromatic nitrogens is 2. The van der Waals surface area contributed by atoms with Gasteiger partial charge in [0.1, 0.15) is 5.69 Å². The van der Waals surface area contributed by atoms with Crippen molar-refractivity contribution in [1.82, 2.24) is 9.55 Å². The largest absolute Gasteiger partial charge is 0.477 e. The first-order chi connectivity index (χ1) is 7.68. The molecule has 0 fully saturated rings. The fourth-order valence-electron chi connectivity index (χ4n) is 1.62. The zero-order valence-electron chi connectivity index (χ0n) is 8.88. The van der Waals surface area contributed by atoms with Crippen molar-refractivity contribution in [2.24, 2.45) is 0 Å². The Kier molecular flexibility index (Phi) is 3.05. The second-order valence-corrected chi connectivity index (χ2v) is 4.54. The van der Waals surface area contributed by atoms with E-state index in [1.807, 2.05) is 11.4 Å². The monoisotopic (exact) mass is 236 g/mol. The highest BCUT2D eigenvalue weighted by molar-refractivity contribution is 7.09. The van der Waals surface area contributed by atoms with E-state index in [2.05, 4.69) is 11.1 Å². The van der Waals surface area contributed by atoms with Crippen LogP contribution in [0, 0.1) is 6.92 Å². The minimum absolute atomic E-state index is 0.288. The normalized spacial score (nSPS) is 10.6. The van der Waals surface area contributed by atoms with Crippen LogP contribution < -0.4 is 0 Å². The van der Waals surface area contributed by atoms with E-state index >= 15 is 0 Å². The van der Waals surface area contributed by atoms with Crippen molar-refractivity contribution in [3.63, 3.8) is 0 Å². The van der Waals surface area contributed by atoms with E-state index in [1.165, 1.54) is 4.88 Å². The summed E-state index contributed by atoms with van der Waals surface area (Å²) in [5.74, 6) is -0.916. The number of thiophene rings is 1. The highest BCUT2D eigenvalue weighted by atomic mass is 32.1. The average Bonchev–Trinajstić information content (AvgIpc) is 2.83. The molecule has 2 rings (SSSR count). The maximum atomic E-state index is 11.0. The molecule has 0 aliphatic heterocycles. The summed E-state index contributed by atoms with van der Waals surface area (Å²) in [6, 6.07) is 4.05. The van der Waals surface area contributed by atoms with Gasteiger partial charge in [0.25, 0.3) is 0 Å². The molecule has 0 aromatic carbocycles. The molecule has 2 aromatic rings. The number of aryl methyl sites for hydroxylation is 3. The Morgan fingerprint density at radius 2 is 2.44 bits per heavy atom. The first-order valence-electron chi connectivity index (χ1n) is 4.96. The number of carboxylic acids is 1. The van der Waals surface area contributed by atoms with Crippen LogP contribution in [0.2, 0.25) is 0 Å². The lowest BCUT2D eigenvalue weighted by Crippen LogP contribution is -2.10. The maximum Gasteiger partial charge on any atom is 0.354 e. The van der Waals surface area contributed by atoms with Crippen LogP contribution in [0.3, 0.4) is 0 Å². The molecule has 0 radical (unpaired) electrons. The summed E-state index contributed by atoms with van der Waals surface area (Å²) < 4.78 is 1.69. The Morgan fingerprint density at radius 3 is 3.06 bits per heavy atom. The minimum Gasteiger partial charge on any atom is -0.477 e. The number of carbonyl (C=O) groups is 1. The van der Waals surface area contributed by atoms with E-state index in [-0.39, 0.29) is 5.69 Å². The van der Waals surface area contributed by atoms with Gasteiger partial charge in [-0.3, -0.25) is 0 Å². The predicted molar refractivity (Wildman–Crippen MR) is 61.9 cm³/mol. The van der Waals surface area contributed by atoms with E-state index in [4.69, 9.17) is 5.11 Å². The Bertz CT molecular complexity index is 488. The van der Waals surface area contributed by atoms with Crippen molar-refractivity contribution >= 4 is 17.3 Å². The van der Waals surface area contributed by atoms with Gasteiger partial charge in [0.15, 0.2) is 0 Å². The quantitative estimate of drug-likeness (QED) is 0.885. The van der Waals surface area contributed by atoms with Crippen molar-refractivity contribution in [3.8, 4) is 0 Å². The second kappa shape index (κ2) is 4.49. The van der Waals surface area contributed by atoms with E-state index < -0.39 is 5.97 Å². The van der Waals surface area contributed by atoms with Crippen LogP contribution in [0.25, 0.3) is 0 Å². The van der Waals surface area contributed by atoms with Crippen molar-refractivity contribution in [3.05, 3.63) is 40.1 Å². The van der Waals surface area contributed by atoms with Gasteiger partial charge < -0.3 is 9.67 Å². The molecular weight excluding hydrogens is 224 g/mol. The topological polar surface area (TPSA) is 55.1 Å². The molecule has 16 heavy (non-hydrogen) atoms. The predicted octanol–water partition coefficient (Wildman–Crippen LogP) is 2.19. The number of hydrogen-bond donors (Lipinski definition) is 1. The van der Waals surface area contributed by atoms with Crippen LogP contribution in [0.4, 0.5) is 0 Å². The van der Waals surface area contributed by atoms with Crippen LogP contribution in [-0.4, -0.2) is 20.6 Å². The number of imidazole rings is 1. The van der Waals surface area contributed by atoms with E-state index in [0.29, 0.717) is 12.2 Å². The van der Waals surface area contributed by atoms with Crippen molar-refractivity contribution in [1.29, 1.82) is 0 Å². The van der Waals surface area contributed by atoms with Crippen molar-refractivity contribution in [2.45, 2.75) is 19.9 Å². The number of aromatic carboxylic acids is 1. The summed E-state index contributed by atoms with van der Waals surface area (Å²) in [7, 11) is 0. The van der Waals surface area contributed by atoms with Crippen LogP contribution in [-0.2, 0) is 13.0 Å². The number of rotatable bonds is 4. The van der Waals surface area contributed by atoms with Gasteiger partial charge >= 0.3 is 5.97 Å². The fourth-order valence-corrected chi connectivity index (χ4v) is 2.31. The van der Waals surface area contributed by atoms with Crippen LogP contribution >= 0.6 is 11.3 Å². The standard InChI is InChI=1S/C11H12N2O2S/c1-8-10(11(14)15)13(7-12-8)5-4-9-3-2-6-16-9/h2-3,6-7H,4-5H2,1H3,(H,14,15). The van der Waals surface area contributed by atoms with Gasteiger partial charge in [0.2, 0.25) is 0 Å². The summed E-state index contributed by atoms with van der Waals surface area (Å²) in [6.07, 6.45) is 2.43. The van der Waals surface area contributed by atoms with Gasteiger partial charge in [0, 0.05) is 11.4 Å². The zero-order valence-corrected chi connectivity index (χ0v) is 9.70. The third-order valence-electron chi connectivity index (χ3n) is 2.40. The molecule has 84 valence electrons. The van der Waals surface area contributed by atoms with Crippen molar-refractivity contribution in [2.75, 3.05) is 0 Å². The molecule has 0 spiro atoms. The Hall–Kier alpha value is -1.62. The molecule has 5 heteroatoms. The lowest BCUT2D eigenvalue weighted by Gasteiger charge is -2.04. The Morgan fingerprint density at radius 1 is 1.62 bits per heavy atom. The fraction of sp³-hybridized carbons (Fsp3) is 0.273. The molecule has 0 amide bonds. The zero-order chi connectivity index (χ0) is 11.5. The van der Waals surface area contributed by atoms with Gasteiger partial charge in [-0.1, -0.05) is 6.07 Å². The average molecular weight is 236 g/mol. The van der Waals surface area contributed by atoms with Gasteiger partial charge in [-0.2, -0.15) is 0 Å². The SMILES string of the molecule is Cc1ncn(CCc2cccs2)c1C(=O)O. The van der Waals surface area contributed by atoms with Gasteiger partial charge in [-0.15, -0.1) is 11.3 Å². The summed E-state index contributed by atoms with van der Waals surface area (Å²) in [4.78, 5) is 16.3. The molecule has 0 saturated carbocycles. The van der Waals surface area contributed by atoms with E-state index in [9.17, 15) is 4.79 Å². The molecule has 0 aliphatic carbocycles. The number of nitrogens with zero attached hydrogens (tertiary/aromatic N) is 2. The molecule has 0 unspecified atom stereocenters. The maximum absolute atomic E-state index is 11.0. The molecule has 1 N–H and O–H groups in total. The summed E-state index contributed by atoms with van der Waals surface area (Å²) in [5.41, 5.74) is 0.857. The molecule has 2 aromatic heterocycles. The van der Waals surface area contributed by atoms with E-state index in [1.54, 1.807) is 29.2 Å². The Labute approximate surface area is 97.2 Å². The lowest BCUT2D eigenvalue weighted by molar-refractivity contribution is 0.0684. The highest BCUT2D eigenvalue weighted by Gasteiger charge is 2.14. The number of carboxylic acid groups (broad SMARTS) is 1. The van der Waals surface area contributed by atoms with Crippen LogP contribution in [0.5, 0.6) is 0 Å². The molecule has 0 bridgehead atoms. The van der Waals surface area contributed by atoms with E-state index in [0.717, 1.165) is 6.42 Å². The molecule has 0 atom stereocenters. The summed E-state index contributed by atoms with van der Waals surface area (Å²) in [5, 5.41) is 11.1. The highest BCUT2D eigenvalue weighted by Crippen LogP contribution is 2.12. The minimum atomic E-state index is -0.916. The van der Waals surface area contributed by atoms with Gasteiger partial charge in [-0.25, -0.2) is 9.78 Å². The lowest BCUT2D eigenvalue weighted by atomic mass is 10.3. The molecular formula is C11H12N2O2S. The van der Waals surface area contributed by atoms with Crippen LogP contribution in [0.1, 0.15) is 21.1 Å². The smallest absolute Gasteiger partial charge is 0.354 e. The first-order valence-corrected chi connectivity index (χ1v) is 5.84. The first kappa shape index (κ1) is 10.9. The molecule has 4 nitrogen and oxygen atoms in total. The molecule has 0 aliphatic rings. The molecule has 0 saturated heterocycles.